The lowest BCUT2D eigenvalue weighted by atomic mass is 9.86. The number of nitrogens with one attached hydrogen (secondary N) is 1. The third-order valence-corrected chi connectivity index (χ3v) is 3.90. The summed E-state index contributed by atoms with van der Waals surface area (Å²) in [7, 11) is 0. The van der Waals surface area contributed by atoms with Crippen LogP contribution in [0, 0.1) is 0 Å². The molecule has 22 heavy (non-hydrogen) atoms. The van der Waals surface area contributed by atoms with Crippen molar-refractivity contribution in [2.75, 3.05) is 6.61 Å². The van der Waals surface area contributed by atoms with Crippen LogP contribution in [0.4, 0.5) is 0 Å². The summed E-state index contributed by atoms with van der Waals surface area (Å²) < 4.78 is 5.72. The van der Waals surface area contributed by atoms with Crippen molar-refractivity contribution >= 4 is 5.96 Å². The number of aliphatic imine (C=N–C) groups is 1. The van der Waals surface area contributed by atoms with E-state index in [-0.39, 0.29) is 5.96 Å². The first-order chi connectivity index (χ1) is 10.3. The van der Waals surface area contributed by atoms with Crippen molar-refractivity contribution in [3.63, 3.8) is 0 Å². The quantitative estimate of drug-likeness (QED) is 0.192. The number of ether oxygens (including phenoxy) is 1. The molecule has 2 aliphatic rings. The molecular formula is C11H19N7O4. The number of hydroxylamine groups is 1. The fourth-order valence-electron chi connectivity index (χ4n) is 2.63. The highest BCUT2D eigenvalue weighted by atomic mass is 16.6. The highest BCUT2D eigenvalue weighted by Gasteiger charge is 2.61. The van der Waals surface area contributed by atoms with Gasteiger partial charge in [0.15, 0.2) is 6.23 Å². The molecule has 0 radical (unpaired) electrons. The summed E-state index contributed by atoms with van der Waals surface area (Å²) in [5, 5.41) is 32.8. The van der Waals surface area contributed by atoms with Crippen LogP contribution in [0.5, 0.6) is 0 Å². The Labute approximate surface area is 126 Å². The predicted octanol–water partition coefficient (Wildman–Crippen LogP) is -1.03. The highest BCUT2D eigenvalue weighted by Crippen LogP contribution is 2.42. The summed E-state index contributed by atoms with van der Waals surface area (Å²) in [6.07, 6.45) is 0.0588. The smallest absolute Gasteiger partial charge is 0.226 e. The van der Waals surface area contributed by atoms with Crippen LogP contribution in [0.1, 0.15) is 13.8 Å². The normalized spacial score (nSPS) is 41.1. The van der Waals surface area contributed by atoms with Crippen molar-refractivity contribution in [2.45, 2.75) is 43.5 Å². The molecule has 0 spiro atoms. The molecule has 0 bridgehead atoms. The molecule has 2 heterocycles. The zero-order valence-electron chi connectivity index (χ0n) is 12.2. The average Bonchev–Trinajstić information content (AvgIpc) is 2.70. The van der Waals surface area contributed by atoms with Gasteiger partial charge in [0.25, 0.3) is 0 Å². The van der Waals surface area contributed by atoms with Crippen molar-refractivity contribution in [1.82, 2.24) is 10.4 Å². The number of azide groups is 1. The minimum atomic E-state index is -1.43. The molecule has 11 heteroatoms. The molecule has 11 nitrogen and oxygen atoms in total. The van der Waals surface area contributed by atoms with E-state index >= 15 is 0 Å². The van der Waals surface area contributed by atoms with Gasteiger partial charge in [0, 0.05) is 11.1 Å². The maximum Gasteiger partial charge on any atom is 0.226 e. The van der Waals surface area contributed by atoms with Crippen molar-refractivity contribution in [3.05, 3.63) is 22.7 Å². The average molecular weight is 313 g/mol. The van der Waals surface area contributed by atoms with Gasteiger partial charge in [-0.15, -0.1) is 0 Å². The number of aliphatic hydroxyl groups is 2. The summed E-state index contributed by atoms with van der Waals surface area (Å²) in [6, 6.07) is 0. The molecule has 0 aromatic heterocycles. The maximum atomic E-state index is 10.5. The van der Waals surface area contributed by atoms with E-state index in [1.54, 1.807) is 0 Å². The Morgan fingerprint density at radius 2 is 2.32 bits per heavy atom. The lowest BCUT2D eigenvalue weighted by Gasteiger charge is -2.36. The van der Waals surface area contributed by atoms with Crippen LogP contribution < -0.4 is 11.2 Å². The number of rotatable bonds is 3. The van der Waals surface area contributed by atoms with Gasteiger partial charge in [-0.25, -0.2) is 10.5 Å². The van der Waals surface area contributed by atoms with Gasteiger partial charge in [0.2, 0.25) is 5.96 Å². The number of nitrogens with zero attached hydrogens (tertiary/aromatic N) is 5. The molecule has 122 valence electrons. The zero-order chi connectivity index (χ0) is 16.5. The first-order valence-corrected chi connectivity index (χ1v) is 6.55. The number of guanidine groups is 1. The summed E-state index contributed by atoms with van der Waals surface area (Å²) in [5.74, 6) is -0.0336. The van der Waals surface area contributed by atoms with E-state index in [1.807, 2.05) is 5.48 Å². The van der Waals surface area contributed by atoms with Crippen LogP contribution in [0.2, 0.25) is 0 Å². The minimum Gasteiger partial charge on any atom is -0.393 e. The van der Waals surface area contributed by atoms with Crippen LogP contribution >= 0.6 is 0 Å². The molecule has 2 aliphatic heterocycles. The van der Waals surface area contributed by atoms with E-state index in [4.69, 9.17) is 16.0 Å². The molecule has 0 aromatic carbocycles. The fraction of sp³-hybridized carbons (Fsp3) is 0.727. The van der Waals surface area contributed by atoms with E-state index in [0.717, 1.165) is 0 Å². The Balaban J connectivity index is 2.46. The first kappa shape index (κ1) is 16.5. The van der Waals surface area contributed by atoms with E-state index in [9.17, 15) is 15.4 Å². The Morgan fingerprint density at radius 1 is 1.64 bits per heavy atom. The predicted molar refractivity (Wildman–Crippen MR) is 75.2 cm³/mol. The Kier molecular flexibility index (Phi) is 4.29. The Morgan fingerprint density at radius 3 is 2.86 bits per heavy atom. The molecule has 0 saturated carbocycles. The third-order valence-electron chi connectivity index (χ3n) is 3.90. The van der Waals surface area contributed by atoms with E-state index in [0.29, 0.717) is 0 Å². The monoisotopic (exact) mass is 313 g/mol. The maximum absolute atomic E-state index is 10.5. The molecule has 1 unspecified atom stereocenters. The van der Waals surface area contributed by atoms with Gasteiger partial charge >= 0.3 is 0 Å². The number of hydrogen-bond acceptors (Lipinski definition) is 9. The first-order valence-electron chi connectivity index (χ1n) is 6.55. The van der Waals surface area contributed by atoms with Crippen molar-refractivity contribution in [2.24, 2.45) is 15.8 Å². The number of nitrogens with two attached hydrogens (primary N) is 1. The molecule has 2 rings (SSSR count). The van der Waals surface area contributed by atoms with Gasteiger partial charge in [-0.1, -0.05) is 5.11 Å². The van der Waals surface area contributed by atoms with Gasteiger partial charge in [-0.2, -0.15) is 0 Å². The molecular weight excluding hydrogens is 294 g/mol. The molecule has 5 atom stereocenters. The summed E-state index contributed by atoms with van der Waals surface area (Å²) in [4.78, 5) is 8.06. The SMILES string of the molecule is C[C@]1(N=[N+]=[N-])[C@H](N2C=CC(N)N=C2NO)O[C@](C)(CO)[C@H]1O. The summed E-state index contributed by atoms with van der Waals surface area (Å²) in [6.45, 7) is 2.49. The molecule has 0 aromatic rings. The van der Waals surface area contributed by atoms with Crippen molar-refractivity contribution in [3.8, 4) is 0 Å². The molecule has 0 amide bonds. The number of hydrogen-bond donors (Lipinski definition) is 5. The lowest BCUT2D eigenvalue weighted by Crippen LogP contribution is -2.55. The van der Waals surface area contributed by atoms with E-state index in [1.165, 1.54) is 31.0 Å². The summed E-state index contributed by atoms with van der Waals surface area (Å²) in [5.41, 5.74) is 13.5. The standard InChI is InChI=1S/C11H19N7O4/c1-10(5-19)7(20)11(2,16-17-13)8(22-10)18-4-3-6(12)14-9(18)15-21/h3-4,6-8,19-21H,5,12H2,1-2H3,(H,14,15)/t6?,7-,8-,10-,11-/m1/s1. The van der Waals surface area contributed by atoms with Crippen molar-refractivity contribution in [1.29, 1.82) is 0 Å². The highest BCUT2D eigenvalue weighted by molar-refractivity contribution is 5.81. The largest absolute Gasteiger partial charge is 0.393 e. The molecule has 6 N–H and O–H groups in total. The van der Waals surface area contributed by atoms with Gasteiger partial charge < -0.3 is 20.7 Å². The van der Waals surface area contributed by atoms with Crippen LogP contribution in [-0.2, 0) is 4.74 Å². The van der Waals surface area contributed by atoms with Crippen LogP contribution in [0.15, 0.2) is 22.4 Å². The zero-order valence-corrected chi connectivity index (χ0v) is 12.2. The Hall–Kier alpha value is -1.88. The van der Waals surface area contributed by atoms with Gasteiger partial charge in [0.1, 0.15) is 23.4 Å². The van der Waals surface area contributed by atoms with Crippen LogP contribution in [0.3, 0.4) is 0 Å². The fourth-order valence-corrected chi connectivity index (χ4v) is 2.63. The molecule has 0 aliphatic carbocycles. The van der Waals surface area contributed by atoms with Gasteiger partial charge in [-0.05, 0) is 25.5 Å². The lowest BCUT2D eigenvalue weighted by molar-refractivity contribution is -0.119. The third kappa shape index (κ3) is 2.39. The number of aliphatic hydroxyl groups excluding tert-OH is 2. The van der Waals surface area contributed by atoms with Gasteiger partial charge in [-0.3, -0.25) is 10.1 Å². The van der Waals surface area contributed by atoms with Crippen LogP contribution in [-0.4, -0.2) is 62.5 Å². The second-order valence-electron chi connectivity index (χ2n) is 5.56. The van der Waals surface area contributed by atoms with Crippen molar-refractivity contribution < 1.29 is 20.2 Å². The van der Waals surface area contributed by atoms with Crippen LogP contribution in [0.25, 0.3) is 10.4 Å². The minimum absolute atomic E-state index is 0.0336. The summed E-state index contributed by atoms with van der Waals surface area (Å²) >= 11 is 0. The second-order valence-corrected chi connectivity index (χ2v) is 5.56. The Bertz CT molecular complexity index is 549. The molecule has 1 saturated heterocycles. The second kappa shape index (κ2) is 5.72. The molecule has 1 fully saturated rings. The topological polar surface area (TPSA) is 172 Å². The van der Waals surface area contributed by atoms with Gasteiger partial charge in [0.05, 0.1) is 6.61 Å². The van der Waals surface area contributed by atoms with E-state index in [2.05, 4.69) is 15.0 Å². The van der Waals surface area contributed by atoms with E-state index < -0.39 is 36.2 Å².